The summed E-state index contributed by atoms with van der Waals surface area (Å²) in [6, 6.07) is 36.1. The largest absolute Gasteiger partial charge is 0.456 e. The van der Waals surface area contributed by atoms with Gasteiger partial charge in [-0.05, 0) is 56.6 Å². The van der Waals surface area contributed by atoms with E-state index in [1.807, 2.05) is 24.5 Å². The number of aromatic nitrogens is 1. The second-order valence-corrected chi connectivity index (χ2v) is 8.36. The van der Waals surface area contributed by atoms with Gasteiger partial charge in [-0.1, -0.05) is 84.9 Å². The Balaban J connectivity index is 1.71. The van der Waals surface area contributed by atoms with Gasteiger partial charge < -0.3 is 4.42 Å². The fourth-order valence-electron chi connectivity index (χ4n) is 5.21. The first-order valence-electron chi connectivity index (χ1n) is 11.1. The van der Waals surface area contributed by atoms with Gasteiger partial charge in [0.15, 0.2) is 0 Å². The Hall–Kier alpha value is -4.43. The number of fused-ring (bicyclic) bond motifs is 5. The highest BCUT2D eigenvalue weighted by Crippen LogP contribution is 2.46. The van der Waals surface area contributed by atoms with Crippen molar-refractivity contribution in [1.29, 1.82) is 0 Å². The Morgan fingerprint density at radius 2 is 1.15 bits per heavy atom. The molecule has 0 unspecified atom stereocenters. The number of furan rings is 1. The first-order chi connectivity index (χ1) is 16.4. The molecular weight excluding hydrogens is 402 g/mol. The van der Waals surface area contributed by atoms with Gasteiger partial charge in [0.1, 0.15) is 11.2 Å². The molecule has 0 aliphatic carbocycles. The Labute approximate surface area is 190 Å². The van der Waals surface area contributed by atoms with Crippen LogP contribution in [0, 0.1) is 0 Å². The van der Waals surface area contributed by atoms with Crippen LogP contribution in [0.15, 0.2) is 120 Å². The van der Waals surface area contributed by atoms with Crippen molar-refractivity contribution in [3.05, 3.63) is 116 Å². The number of pyridine rings is 1. The average molecular weight is 421 g/mol. The summed E-state index contributed by atoms with van der Waals surface area (Å²) < 4.78 is 6.22. The Morgan fingerprint density at radius 1 is 0.485 bits per heavy atom. The summed E-state index contributed by atoms with van der Waals surface area (Å²) in [6.45, 7) is 0. The van der Waals surface area contributed by atoms with E-state index in [1.54, 1.807) is 0 Å². The quantitative estimate of drug-likeness (QED) is 0.261. The minimum atomic E-state index is 0.905. The summed E-state index contributed by atoms with van der Waals surface area (Å²) in [4.78, 5) is 4.55. The molecule has 0 spiro atoms. The highest BCUT2D eigenvalue weighted by molar-refractivity contribution is 6.25. The van der Waals surface area contributed by atoms with Gasteiger partial charge in [0.25, 0.3) is 0 Å². The van der Waals surface area contributed by atoms with Gasteiger partial charge in [0, 0.05) is 28.6 Å². The molecule has 0 bridgehead atoms. The SMILES string of the molecule is c1ccc(-c2c3ccccc3c(-c3cccc4oc5ccccc5c34)c3cnccc23)cc1. The molecular formula is C31H19NO. The van der Waals surface area contributed by atoms with Crippen LogP contribution in [-0.2, 0) is 0 Å². The molecule has 7 aromatic rings. The van der Waals surface area contributed by atoms with Gasteiger partial charge in [0.2, 0.25) is 0 Å². The van der Waals surface area contributed by atoms with E-state index in [4.69, 9.17) is 4.42 Å². The van der Waals surface area contributed by atoms with Crippen molar-refractivity contribution in [2.24, 2.45) is 0 Å². The van der Waals surface area contributed by atoms with Crippen molar-refractivity contribution in [2.45, 2.75) is 0 Å². The zero-order valence-electron chi connectivity index (χ0n) is 17.8. The van der Waals surface area contributed by atoms with Crippen molar-refractivity contribution in [1.82, 2.24) is 4.98 Å². The summed E-state index contributed by atoms with van der Waals surface area (Å²) in [7, 11) is 0. The fraction of sp³-hybridized carbons (Fsp3) is 0. The van der Waals surface area contributed by atoms with Gasteiger partial charge in [-0.15, -0.1) is 0 Å². The molecule has 0 saturated heterocycles. The standard InChI is InChI=1S/C31H19NO/c1-2-9-20(10-3-1)29-21-11-4-5-12-22(21)30(26-19-32-18-17-23(26)29)25-14-8-16-28-31(25)24-13-6-7-15-27(24)33-28/h1-19H. The molecule has 0 fully saturated rings. The highest BCUT2D eigenvalue weighted by Gasteiger charge is 2.19. The third-order valence-corrected chi connectivity index (χ3v) is 6.56. The van der Waals surface area contributed by atoms with Crippen LogP contribution < -0.4 is 0 Å². The summed E-state index contributed by atoms with van der Waals surface area (Å²) in [6.07, 6.45) is 3.89. The van der Waals surface area contributed by atoms with Gasteiger partial charge >= 0.3 is 0 Å². The lowest BCUT2D eigenvalue weighted by Gasteiger charge is -2.17. The molecule has 0 aliphatic heterocycles. The van der Waals surface area contributed by atoms with Crippen LogP contribution in [0.4, 0.5) is 0 Å². The summed E-state index contributed by atoms with van der Waals surface area (Å²) in [5.74, 6) is 0. The normalized spacial score (nSPS) is 11.6. The van der Waals surface area contributed by atoms with E-state index in [0.29, 0.717) is 0 Å². The highest BCUT2D eigenvalue weighted by atomic mass is 16.3. The van der Waals surface area contributed by atoms with E-state index in [9.17, 15) is 0 Å². The number of hydrogen-bond acceptors (Lipinski definition) is 2. The van der Waals surface area contributed by atoms with Crippen LogP contribution in [0.25, 0.3) is 65.7 Å². The molecule has 154 valence electrons. The summed E-state index contributed by atoms with van der Waals surface area (Å²) >= 11 is 0. The number of nitrogens with zero attached hydrogens (tertiary/aromatic N) is 1. The van der Waals surface area contributed by atoms with E-state index < -0.39 is 0 Å². The first kappa shape index (κ1) is 18.2. The van der Waals surface area contributed by atoms with E-state index >= 15 is 0 Å². The van der Waals surface area contributed by atoms with Crippen molar-refractivity contribution >= 4 is 43.5 Å². The molecule has 0 aliphatic rings. The smallest absolute Gasteiger partial charge is 0.136 e. The Bertz CT molecular complexity index is 1760. The number of hydrogen-bond donors (Lipinski definition) is 0. The molecule has 7 rings (SSSR count). The zero-order chi connectivity index (χ0) is 21.8. The topological polar surface area (TPSA) is 26.0 Å². The van der Waals surface area contributed by atoms with E-state index in [0.717, 1.165) is 27.3 Å². The maximum atomic E-state index is 6.22. The first-order valence-corrected chi connectivity index (χ1v) is 11.1. The van der Waals surface area contributed by atoms with Crippen molar-refractivity contribution in [3.8, 4) is 22.3 Å². The average Bonchev–Trinajstić information content (AvgIpc) is 3.27. The van der Waals surface area contributed by atoms with Crippen molar-refractivity contribution in [2.75, 3.05) is 0 Å². The Morgan fingerprint density at radius 3 is 2.00 bits per heavy atom. The monoisotopic (exact) mass is 421 g/mol. The van der Waals surface area contributed by atoms with E-state index in [1.165, 1.54) is 38.4 Å². The minimum absolute atomic E-state index is 0.905. The predicted octanol–water partition coefficient (Wildman–Crippen LogP) is 8.62. The molecule has 0 atom stereocenters. The fourth-order valence-corrected chi connectivity index (χ4v) is 5.21. The molecule has 2 heterocycles. The maximum absolute atomic E-state index is 6.22. The summed E-state index contributed by atoms with van der Waals surface area (Å²) in [5, 5.41) is 7.09. The number of para-hydroxylation sites is 1. The predicted molar refractivity (Wildman–Crippen MR) is 137 cm³/mol. The van der Waals surface area contributed by atoms with Crippen LogP contribution >= 0.6 is 0 Å². The zero-order valence-corrected chi connectivity index (χ0v) is 17.8. The third-order valence-electron chi connectivity index (χ3n) is 6.56. The molecule has 0 amide bonds. The lowest BCUT2D eigenvalue weighted by Crippen LogP contribution is -1.91. The van der Waals surface area contributed by atoms with E-state index in [-0.39, 0.29) is 0 Å². The van der Waals surface area contributed by atoms with Crippen LogP contribution in [0.3, 0.4) is 0 Å². The molecule has 0 saturated carbocycles. The minimum Gasteiger partial charge on any atom is -0.456 e. The lowest BCUT2D eigenvalue weighted by molar-refractivity contribution is 0.669. The number of rotatable bonds is 2. The molecule has 0 N–H and O–H groups in total. The third kappa shape index (κ3) is 2.64. The van der Waals surface area contributed by atoms with Crippen LogP contribution in [0.5, 0.6) is 0 Å². The second-order valence-electron chi connectivity index (χ2n) is 8.36. The van der Waals surface area contributed by atoms with Gasteiger partial charge in [0.05, 0.1) is 0 Å². The summed E-state index contributed by atoms with van der Waals surface area (Å²) in [5.41, 5.74) is 6.64. The van der Waals surface area contributed by atoms with E-state index in [2.05, 4.69) is 96.0 Å². The molecule has 5 aromatic carbocycles. The lowest BCUT2D eigenvalue weighted by atomic mass is 9.85. The van der Waals surface area contributed by atoms with Crippen LogP contribution in [-0.4, -0.2) is 4.98 Å². The van der Waals surface area contributed by atoms with Crippen molar-refractivity contribution < 1.29 is 4.42 Å². The maximum Gasteiger partial charge on any atom is 0.136 e. The van der Waals surface area contributed by atoms with Crippen LogP contribution in [0.2, 0.25) is 0 Å². The molecule has 33 heavy (non-hydrogen) atoms. The number of benzene rings is 5. The van der Waals surface area contributed by atoms with Gasteiger partial charge in [-0.2, -0.15) is 0 Å². The van der Waals surface area contributed by atoms with Gasteiger partial charge in [-0.25, -0.2) is 0 Å². The molecule has 2 nitrogen and oxygen atoms in total. The molecule has 0 radical (unpaired) electrons. The molecule has 2 aromatic heterocycles. The molecule has 2 heteroatoms. The Kier molecular flexibility index (Phi) is 3.88. The second kappa shape index (κ2) is 7.04. The van der Waals surface area contributed by atoms with Crippen molar-refractivity contribution in [3.63, 3.8) is 0 Å². The van der Waals surface area contributed by atoms with Gasteiger partial charge in [-0.3, -0.25) is 4.98 Å². The van der Waals surface area contributed by atoms with Crippen LogP contribution in [0.1, 0.15) is 0 Å².